The number of hydrogen-bond acceptors (Lipinski definition) is 5. The van der Waals surface area contributed by atoms with E-state index in [1.165, 1.54) is 22.9 Å². The van der Waals surface area contributed by atoms with Crippen molar-refractivity contribution in [3.8, 4) is 0 Å². The Hall–Kier alpha value is -2.44. The molecule has 6 nitrogen and oxygen atoms in total. The predicted molar refractivity (Wildman–Crippen MR) is 130 cm³/mol. The SMILES string of the molecule is CC1=C[C@@H](CN2CCOCC2)[C@H](C(C)C)C[C@H]1Cc1nnc(Cc2c[nH]c3ccccc23)o1. The van der Waals surface area contributed by atoms with Gasteiger partial charge < -0.3 is 14.1 Å². The van der Waals surface area contributed by atoms with E-state index in [9.17, 15) is 0 Å². The van der Waals surface area contributed by atoms with E-state index in [0.29, 0.717) is 36.0 Å². The Morgan fingerprint density at radius 3 is 2.73 bits per heavy atom. The van der Waals surface area contributed by atoms with Crippen molar-refractivity contribution in [2.45, 2.75) is 40.0 Å². The van der Waals surface area contributed by atoms with Crippen LogP contribution in [0.2, 0.25) is 0 Å². The van der Waals surface area contributed by atoms with Gasteiger partial charge in [-0.1, -0.05) is 43.7 Å². The van der Waals surface area contributed by atoms with Gasteiger partial charge in [0.25, 0.3) is 0 Å². The van der Waals surface area contributed by atoms with Gasteiger partial charge in [0, 0.05) is 43.2 Å². The van der Waals surface area contributed by atoms with Gasteiger partial charge in [-0.05, 0) is 48.6 Å². The average molecular weight is 449 g/mol. The quantitative estimate of drug-likeness (QED) is 0.522. The van der Waals surface area contributed by atoms with E-state index in [0.717, 1.165) is 50.7 Å². The number of rotatable bonds is 7. The van der Waals surface area contributed by atoms with Crippen LogP contribution in [-0.4, -0.2) is 52.9 Å². The summed E-state index contributed by atoms with van der Waals surface area (Å²) in [5.41, 5.74) is 3.81. The van der Waals surface area contributed by atoms with E-state index in [1.54, 1.807) is 0 Å². The van der Waals surface area contributed by atoms with Gasteiger partial charge in [-0.25, -0.2) is 0 Å². The van der Waals surface area contributed by atoms with Gasteiger partial charge >= 0.3 is 0 Å². The third-order valence-corrected chi connectivity index (χ3v) is 7.60. The Labute approximate surface area is 196 Å². The number of ether oxygens (including phenoxy) is 1. The normalized spacial score (nSPS) is 24.5. The van der Waals surface area contributed by atoms with Crippen LogP contribution in [0.5, 0.6) is 0 Å². The summed E-state index contributed by atoms with van der Waals surface area (Å²) >= 11 is 0. The molecule has 2 aliphatic rings. The first-order valence-electron chi connectivity index (χ1n) is 12.4. The van der Waals surface area contributed by atoms with Gasteiger partial charge in [0.05, 0.1) is 19.6 Å². The second kappa shape index (κ2) is 9.82. The number of allylic oxidation sites excluding steroid dienone is 1. The van der Waals surface area contributed by atoms with Crippen molar-refractivity contribution in [1.29, 1.82) is 0 Å². The molecular formula is C27H36N4O2. The summed E-state index contributed by atoms with van der Waals surface area (Å²) in [4.78, 5) is 5.90. The zero-order chi connectivity index (χ0) is 22.8. The number of nitrogens with one attached hydrogen (secondary N) is 1. The highest BCUT2D eigenvalue weighted by atomic mass is 16.5. The maximum atomic E-state index is 6.12. The largest absolute Gasteiger partial charge is 0.425 e. The molecule has 5 rings (SSSR count). The Morgan fingerprint density at radius 1 is 1.12 bits per heavy atom. The minimum atomic E-state index is 0.472. The molecule has 176 valence electrons. The van der Waals surface area contributed by atoms with Crippen molar-refractivity contribution in [3.05, 3.63) is 59.5 Å². The number of morpholine rings is 1. The number of fused-ring (bicyclic) bond motifs is 1. The first-order chi connectivity index (χ1) is 16.1. The molecule has 1 N–H and O–H groups in total. The fraction of sp³-hybridized carbons (Fsp3) is 0.556. The Balaban J connectivity index is 1.26. The van der Waals surface area contributed by atoms with Crippen molar-refractivity contribution < 1.29 is 9.15 Å². The van der Waals surface area contributed by atoms with Crippen LogP contribution in [0.3, 0.4) is 0 Å². The minimum Gasteiger partial charge on any atom is -0.425 e. The summed E-state index contributed by atoms with van der Waals surface area (Å²) in [5.74, 6) is 3.87. The lowest BCUT2D eigenvalue weighted by atomic mass is 9.69. The van der Waals surface area contributed by atoms with E-state index < -0.39 is 0 Å². The van der Waals surface area contributed by atoms with E-state index in [-0.39, 0.29) is 0 Å². The molecule has 3 aromatic rings. The number of H-pyrrole nitrogens is 1. The molecule has 0 bridgehead atoms. The number of para-hydroxylation sites is 1. The zero-order valence-electron chi connectivity index (χ0n) is 20.1. The first-order valence-corrected chi connectivity index (χ1v) is 12.4. The van der Waals surface area contributed by atoms with Crippen molar-refractivity contribution in [2.24, 2.45) is 23.7 Å². The third kappa shape index (κ3) is 5.07. The monoisotopic (exact) mass is 448 g/mol. The van der Waals surface area contributed by atoms with Crippen molar-refractivity contribution >= 4 is 10.9 Å². The molecule has 1 fully saturated rings. The van der Waals surface area contributed by atoms with Crippen LogP contribution >= 0.6 is 0 Å². The van der Waals surface area contributed by atoms with Crippen LogP contribution in [0.4, 0.5) is 0 Å². The molecule has 3 atom stereocenters. The van der Waals surface area contributed by atoms with Gasteiger partial charge in [0.2, 0.25) is 11.8 Å². The fourth-order valence-corrected chi connectivity index (χ4v) is 5.66. The number of hydrogen-bond donors (Lipinski definition) is 1. The molecule has 0 saturated carbocycles. The van der Waals surface area contributed by atoms with E-state index >= 15 is 0 Å². The lowest BCUT2D eigenvalue weighted by Crippen LogP contribution is -2.42. The summed E-state index contributed by atoms with van der Waals surface area (Å²) in [6, 6.07) is 8.33. The van der Waals surface area contributed by atoms with Crippen molar-refractivity contribution in [2.75, 3.05) is 32.8 Å². The van der Waals surface area contributed by atoms with E-state index in [2.05, 4.69) is 65.1 Å². The molecule has 2 aromatic heterocycles. The van der Waals surface area contributed by atoms with E-state index in [1.807, 2.05) is 12.3 Å². The van der Waals surface area contributed by atoms with Crippen LogP contribution in [-0.2, 0) is 17.6 Å². The average Bonchev–Trinajstić information content (AvgIpc) is 3.43. The predicted octanol–water partition coefficient (Wildman–Crippen LogP) is 4.87. The molecule has 3 heterocycles. The van der Waals surface area contributed by atoms with Gasteiger partial charge in [-0.2, -0.15) is 0 Å². The van der Waals surface area contributed by atoms with Gasteiger partial charge in [0.1, 0.15) is 0 Å². The van der Waals surface area contributed by atoms with E-state index in [4.69, 9.17) is 9.15 Å². The second-order valence-electron chi connectivity index (χ2n) is 10.2. The molecule has 1 saturated heterocycles. The highest BCUT2D eigenvalue weighted by Crippen LogP contribution is 2.39. The number of benzene rings is 1. The van der Waals surface area contributed by atoms with Crippen LogP contribution < -0.4 is 0 Å². The lowest BCUT2D eigenvalue weighted by Gasteiger charge is -2.40. The Kier molecular flexibility index (Phi) is 6.65. The highest BCUT2D eigenvalue weighted by Gasteiger charge is 2.33. The minimum absolute atomic E-state index is 0.472. The molecule has 0 spiro atoms. The van der Waals surface area contributed by atoms with Crippen molar-refractivity contribution in [3.63, 3.8) is 0 Å². The topological polar surface area (TPSA) is 67.2 Å². The number of nitrogens with zero attached hydrogens (tertiary/aromatic N) is 3. The zero-order valence-corrected chi connectivity index (χ0v) is 20.1. The summed E-state index contributed by atoms with van der Waals surface area (Å²) < 4.78 is 11.7. The van der Waals surface area contributed by atoms with Crippen LogP contribution in [0.25, 0.3) is 10.9 Å². The fourth-order valence-electron chi connectivity index (χ4n) is 5.66. The summed E-state index contributed by atoms with van der Waals surface area (Å²) in [5, 5.41) is 9.99. The molecule has 1 aromatic carbocycles. The molecule has 6 heteroatoms. The maximum Gasteiger partial charge on any atom is 0.221 e. The third-order valence-electron chi connectivity index (χ3n) is 7.60. The summed E-state index contributed by atoms with van der Waals surface area (Å²) in [6.45, 7) is 12.0. The van der Waals surface area contributed by atoms with Gasteiger partial charge in [-0.3, -0.25) is 4.90 Å². The Bertz CT molecular complexity index is 1090. The van der Waals surface area contributed by atoms with Crippen LogP contribution in [0.1, 0.15) is 44.5 Å². The van der Waals surface area contributed by atoms with Crippen LogP contribution in [0.15, 0.2) is 46.5 Å². The first kappa shape index (κ1) is 22.4. The standard InChI is InChI=1S/C27H36N4O2/c1-18(2)24-13-20(19(3)12-22(24)17-31-8-10-32-11-9-31)14-26-29-30-27(33-26)15-21-16-28-25-7-5-4-6-23(21)25/h4-7,12,16,18,20,22,24,28H,8-11,13-15,17H2,1-3H3/t20-,22-,24-/m0/s1. The summed E-state index contributed by atoms with van der Waals surface area (Å²) in [6.07, 6.45) is 7.26. The molecule has 0 radical (unpaired) electrons. The second-order valence-corrected chi connectivity index (χ2v) is 10.2. The molecular weight excluding hydrogens is 412 g/mol. The van der Waals surface area contributed by atoms with Gasteiger partial charge in [-0.15, -0.1) is 10.2 Å². The Morgan fingerprint density at radius 2 is 1.91 bits per heavy atom. The van der Waals surface area contributed by atoms with Crippen LogP contribution in [0, 0.1) is 23.7 Å². The smallest absolute Gasteiger partial charge is 0.221 e. The molecule has 33 heavy (non-hydrogen) atoms. The highest BCUT2D eigenvalue weighted by molar-refractivity contribution is 5.83. The molecule has 1 aliphatic carbocycles. The summed E-state index contributed by atoms with van der Waals surface area (Å²) in [7, 11) is 0. The molecule has 0 amide bonds. The lowest BCUT2D eigenvalue weighted by molar-refractivity contribution is 0.0256. The molecule has 1 aliphatic heterocycles. The number of aromatic nitrogens is 3. The van der Waals surface area contributed by atoms with Gasteiger partial charge in [0.15, 0.2) is 0 Å². The number of aromatic amines is 1. The van der Waals surface area contributed by atoms with Crippen molar-refractivity contribution in [1.82, 2.24) is 20.1 Å². The maximum absolute atomic E-state index is 6.12. The molecule has 0 unspecified atom stereocenters.